The lowest BCUT2D eigenvalue weighted by Crippen LogP contribution is -2.41. The fourth-order valence-electron chi connectivity index (χ4n) is 4.04. The van der Waals surface area contributed by atoms with Gasteiger partial charge in [0.15, 0.2) is 11.5 Å². The minimum absolute atomic E-state index is 0. The van der Waals surface area contributed by atoms with Crippen LogP contribution in [0.3, 0.4) is 0 Å². The van der Waals surface area contributed by atoms with Crippen molar-refractivity contribution in [2.24, 2.45) is 0 Å². The standard InChI is InChI=1S/C21H23N7OS.ClH/c29-21(27-17(15-7-4-8-22-15)14-5-2-1-3-6-14)16-11-28(9-10-30-16)20-18-19(24-12-23-18)25-13-26-20;/h1-3,5-6,11-13,15,17,22H,4,7-10H2,(H,27,29)(H,23,24,25,26);1H/t15-,17?;/m1./s1. The molecule has 31 heavy (non-hydrogen) atoms. The number of rotatable bonds is 5. The van der Waals surface area contributed by atoms with Crippen LogP contribution in [0, 0.1) is 0 Å². The number of nitrogens with zero attached hydrogens (tertiary/aromatic N) is 4. The Labute approximate surface area is 190 Å². The zero-order valence-electron chi connectivity index (χ0n) is 16.8. The first-order chi connectivity index (χ1) is 14.8. The molecule has 1 unspecified atom stereocenters. The number of anilines is 1. The molecule has 0 bridgehead atoms. The fourth-order valence-corrected chi connectivity index (χ4v) is 4.94. The van der Waals surface area contributed by atoms with E-state index in [-0.39, 0.29) is 30.4 Å². The van der Waals surface area contributed by atoms with Crippen molar-refractivity contribution in [1.29, 1.82) is 0 Å². The van der Waals surface area contributed by atoms with Crippen LogP contribution < -0.4 is 15.5 Å². The highest BCUT2D eigenvalue weighted by atomic mass is 35.5. The molecule has 0 spiro atoms. The van der Waals surface area contributed by atoms with Crippen LogP contribution in [0.1, 0.15) is 24.4 Å². The predicted molar refractivity (Wildman–Crippen MR) is 125 cm³/mol. The van der Waals surface area contributed by atoms with Crippen molar-refractivity contribution < 1.29 is 4.79 Å². The van der Waals surface area contributed by atoms with Crippen molar-refractivity contribution in [3.05, 3.63) is 59.7 Å². The number of aromatic amines is 1. The summed E-state index contributed by atoms with van der Waals surface area (Å²) in [6, 6.07) is 10.4. The number of aromatic nitrogens is 4. The zero-order valence-corrected chi connectivity index (χ0v) is 18.5. The van der Waals surface area contributed by atoms with Crippen molar-refractivity contribution in [2.75, 3.05) is 23.7 Å². The fraction of sp³-hybridized carbons (Fsp3) is 0.333. The smallest absolute Gasteiger partial charge is 0.259 e. The van der Waals surface area contributed by atoms with Crippen molar-refractivity contribution in [3.8, 4) is 0 Å². The summed E-state index contributed by atoms with van der Waals surface area (Å²) in [4.78, 5) is 31.8. The molecule has 1 fully saturated rings. The van der Waals surface area contributed by atoms with Gasteiger partial charge in [-0.2, -0.15) is 0 Å². The van der Waals surface area contributed by atoms with E-state index in [4.69, 9.17) is 0 Å². The molecule has 1 aromatic carbocycles. The second-order valence-electron chi connectivity index (χ2n) is 7.40. The van der Waals surface area contributed by atoms with E-state index in [9.17, 15) is 4.79 Å². The Kier molecular flexibility index (Phi) is 6.74. The molecule has 1 amide bonds. The largest absolute Gasteiger partial charge is 0.343 e. The van der Waals surface area contributed by atoms with E-state index in [1.165, 1.54) is 6.33 Å². The molecule has 0 saturated carbocycles. The van der Waals surface area contributed by atoms with Crippen LogP contribution in [0.15, 0.2) is 54.1 Å². The molecule has 162 valence electrons. The number of carbonyl (C=O) groups excluding carboxylic acids is 1. The molecule has 4 heterocycles. The van der Waals surface area contributed by atoms with Gasteiger partial charge < -0.3 is 20.5 Å². The normalized spacial score (nSPS) is 19.5. The summed E-state index contributed by atoms with van der Waals surface area (Å²) >= 11 is 1.57. The monoisotopic (exact) mass is 457 g/mol. The van der Waals surface area contributed by atoms with Gasteiger partial charge in [-0.15, -0.1) is 24.2 Å². The molecule has 1 saturated heterocycles. The van der Waals surface area contributed by atoms with E-state index >= 15 is 0 Å². The number of imidazole rings is 1. The molecule has 2 aliphatic rings. The average Bonchev–Trinajstić information content (AvgIpc) is 3.50. The minimum Gasteiger partial charge on any atom is -0.343 e. The number of thioether (sulfide) groups is 1. The Hall–Kier alpha value is -2.62. The van der Waals surface area contributed by atoms with E-state index in [2.05, 4.69) is 42.7 Å². The van der Waals surface area contributed by atoms with Crippen molar-refractivity contribution in [1.82, 2.24) is 30.6 Å². The number of nitrogens with one attached hydrogen (secondary N) is 3. The lowest BCUT2D eigenvalue weighted by molar-refractivity contribution is -0.117. The van der Waals surface area contributed by atoms with Gasteiger partial charge in [-0.3, -0.25) is 4.79 Å². The van der Waals surface area contributed by atoms with Crippen LogP contribution in [0.5, 0.6) is 0 Å². The quantitative estimate of drug-likeness (QED) is 0.541. The molecule has 3 aromatic rings. The van der Waals surface area contributed by atoms with E-state index < -0.39 is 0 Å². The maximum absolute atomic E-state index is 13.2. The molecular formula is C21H24ClN7OS. The molecular weight excluding hydrogens is 434 g/mol. The van der Waals surface area contributed by atoms with Gasteiger partial charge in [-0.05, 0) is 24.9 Å². The van der Waals surface area contributed by atoms with Crippen LogP contribution in [0.25, 0.3) is 11.2 Å². The second-order valence-corrected chi connectivity index (χ2v) is 8.54. The maximum atomic E-state index is 13.2. The first-order valence-corrected chi connectivity index (χ1v) is 11.1. The average molecular weight is 458 g/mol. The Morgan fingerprint density at radius 2 is 2.10 bits per heavy atom. The lowest BCUT2D eigenvalue weighted by atomic mass is 9.98. The van der Waals surface area contributed by atoms with E-state index in [1.54, 1.807) is 18.1 Å². The van der Waals surface area contributed by atoms with Crippen molar-refractivity contribution in [2.45, 2.75) is 24.9 Å². The lowest BCUT2D eigenvalue weighted by Gasteiger charge is -2.28. The molecule has 5 rings (SSSR count). The molecule has 0 aliphatic carbocycles. The Morgan fingerprint density at radius 3 is 2.90 bits per heavy atom. The van der Waals surface area contributed by atoms with E-state index in [0.717, 1.165) is 48.6 Å². The van der Waals surface area contributed by atoms with Crippen LogP contribution in [0.2, 0.25) is 0 Å². The number of carbonyl (C=O) groups is 1. The Balaban J connectivity index is 0.00000231. The first kappa shape index (κ1) is 21.6. The third-order valence-electron chi connectivity index (χ3n) is 5.51. The van der Waals surface area contributed by atoms with Crippen LogP contribution in [-0.2, 0) is 4.79 Å². The van der Waals surface area contributed by atoms with Gasteiger partial charge in [0, 0.05) is 24.5 Å². The van der Waals surface area contributed by atoms with Crippen LogP contribution in [-0.4, -0.2) is 50.7 Å². The Bertz CT molecular complexity index is 1070. The predicted octanol–water partition coefficient (Wildman–Crippen LogP) is 2.78. The highest BCUT2D eigenvalue weighted by Crippen LogP contribution is 2.29. The molecule has 2 aromatic heterocycles. The minimum atomic E-state index is -0.0589. The van der Waals surface area contributed by atoms with Gasteiger partial charge >= 0.3 is 0 Å². The summed E-state index contributed by atoms with van der Waals surface area (Å²) in [5, 5.41) is 6.81. The first-order valence-electron chi connectivity index (χ1n) is 10.1. The zero-order chi connectivity index (χ0) is 20.3. The Morgan fingerprint density at radius 1 is 1.23 bits per heavy atom. The van der Waals surface area contributed by atoms with E-state index in [1.807, 2.05) is 29.3 Å². The summed E-state index contributed by atoms with van der Waals surface area (Å²) in [6.07, 6.45) is 7.18. The molecule has 10 heteroatoms. The van der Waals surface area contributed by atoms with Gasteiger partial charge in [0.25, 0.3) is 5.91 Å². The molecule has 3 N–H and O–H groups in total. The van der Waals surface area contributed by atoms with Gasteiger partial charge in [-0.25, -0.2) is 15.0 Å². The number of hydrogen-bond donors (Lipinski definition) is 3. The number of benzene rings is 1. The SMILES string of the molecule is Cl.O=C(NC(c1ccccc1)[C@H]1CCCN1)C1=CN(c2ncnc3nc[nH]c23)CCS1. The number of hydrogen-bond acceptors (Lipinski definition) is 7. The number of halogens is 1. The van der Waals surface area contributed by atoms with Gasteiger partial charge in [0.05, 0.1) is 17.3 Å². The molecule has 2 aliphatic heterocycles. The topological polar surface area (TPSA) is 98.8 Å². The van der Waals surface area contributed by atoms with Gasteiger partial charge in [0.1, 0.15) is 11.8 Å². The highest BCUT2D eigenvalue weighted by molar-refractivity contribution is 8.04. The number of H-pyrrole nitrogens is 1. The summed E-state index contributed by atoms with van der Waals surface area (Å²) < 4.78 is 0. The molecule has 8 nitrogen and oxygen atoms in total. The summed E-state index contributed by atoms with van der Waals surface area (Å²) in [6.45, 7) is 1.75. The third-order valence-corrected chi connectivity index (χ3v) is 6.50. The maximum Gasteiger partial charge on any atom is 0.259 e. The van der Waals surface area contributed by atoms with Gasteiger partial charge in [0.2, 0.25) is 0 Å². The summed E-state index contributed by atoms with van der Waals surface area (Å²) in [5.41, 5.74) is 2.52. The molecule has 2 atom stereocenters. The third kappa shape index (κ3) is 4.53. The van der Waals surface area contributed by atoms with E-state index in [0.29, 0.717) is 10.6 Å². The number of amides is 1. The number of fused-ring (bicyclic) bond motifs is 1. The summed E-state index contributed by atoms with van der Waals surface area (Å²) in [7, 11) is 0. The van der Waals surface area contributed by atoms with Crippen LogP contribution >= 0.6 is 24.2 Å². The van der Waals surface area contributed by atoms with Gasteiger partial charge in [-0.1, -0.05) is 30.3 Å². The second kappa shape index (κ2) is 9.67. The molecule has 0 radical (unpaired) electrons. The van der Waals surface area contributed by atoms with Crippen LogP contribution in [0.4, 0.5) is 5.82 Å². The van der Waals surface area contributed by atoms with Crippen molar-refractivity contribution in [3.63, 3.8) is 0 Å². The highest BCUT2D eigenvalue weighted by Gasteiger charge is 2.29. The summed E-state index contributed by atoms with van der Waals surface area (Å²) in [5.74, 6) is 1.48. The van der Waals surface area contributed by atoms with Crippen molar-refractivity contribution >= 4 is 47.1 Å².